The fourth-order valence-electron chi connectivity index (χ4n) is 1.24. The van der Waals surface area contributed by atoms with Gasteiger partial charge < -0.3 is 14.8 Å². The molecule has 2 rings (SSSR count). The summed E-state index contributed by atoms with van der Waals surface area (Å²) in [6.07, 6.45) is 0.215. The van der Waals surface area contributed by atoms with Crippen LogP contribution in [0.2, 0.25) is 0 Å². The molecule has 1 amide bonds. The molecule has 0 radical (unpaired) electrons. The van der Waals surface area contributed by atoms with Gasteiger partial charge in [0.05, 0.1) is 19.8 Å². The van der Waals surface area contributed by atoms with Crippen molar-refractivity contribution in [2.75, 3.05) is 20.3 Å². The van der Waals surface area contributed by atoms with Crippen LogP contribution in [0.3, 0.4) is 0 Å². The summed E-state index contributed by atoms with van der Waals surface area (Å²) in [5, 5.41) is 2.79. The number of epoxide rings is 1. The second kappa shape index (κ2) is 4.31. The van der Waals surface area contributed by atoms with Crippen LogP contribution >= 0.6 is 0 Å². The summed E-state index contributed by atoms with van der Waals surface area (Å²) in [7, 11) is 1.60. The Labute approximate surface area is 88.2 Å². The Balaban J connectivity index is 1.91. The molecule has 1 aromatic rings. The average Bonchev–Trinajstić information content (AvgIpc) is 3.10. The molecular weight excluding hydrogens is 194 g/mol. The van der Waals surface area contributed by atoms with Gasteiger partial charge in [0, 0.05) is 12.1 Å². The fourth-order valence-corrected chi connectivity index (χ4v) is 1.24. The predicted octanol–water partition coefficient (Wildman–Crippen LogP) is 0.824. The number of ether oxygens (including phenoxy) is 2. The summed E-state index contributed by atoms with van der Waals surface area (Å²) in [5.41, 5.74) is 0.636. The topological polar surface area (TPSA) is 50.9 Å². The van der Waals surface area contributed by atoms with Crippen LogP contribution in [0.15, 0.2) is 24.3 Å². The molecule has 1 atom stereocenters. The molecule has 1 heterocycles. The Bertz CT molecular complexity index is 343. The minimum atomic E-state index is -0.0758. The van der Waals surface area contributed by atoms with Gasteiger partial charge in [0.1, 0.15) is 5.75 Å². The number of carbonyl (C=O) groups is 1. The quantitative estimate of drug-likeness (QED) is 0.744. The molecule has 1 aromatic carbocycles. The van der Waals surface area contributed by atoms with Crippen LogP contribution in [0.25, 0.3) is 0 Å². The lowest BCUT2D eigenvalue weighted by atomic mass is 10.2. The molecule has 80 valence electrons. The molecule has 4 heteroatoms. The van der Waals surface area contributed by atoms with Crippen LogP contribution in [0.5, 0.6) is 5.75 Å². The lowest BCUT2D eigenvalue weighted by Crippen LogP contribution is -2.27. The van der Waals surface area contributed by atoms with Crippen molar-refractivity contribution in [1.29, 1.82) is 0 Å². The van der Waals surface area contributed by atoms with E-state index in [1.165, 1.54) is 0 Å². The number of nitrogens with one attached hydrogen (secondary N) is 1. The van der Waals surface area contributed by atoms with E-state index in [2.05, 4.69) is 5.32 Å². The van der Waals surface area contributed by atoms with E-state index in [-0.39, 0.29) is 12.0 Å². The van der Waals surface area contributed by atoms with Crippen molar-refractivity contribution >= 4 is 5.91 Å². The van der Waals surface area contributed by atoms with Gasteiger partial charge in [-0.3, -0.25) is 4.79 Å². The van der Waals surface area contributed by atoms with Gasteiger partial charge in [-0.1, -0.05) is 0 Å². The van der Waals surface area contributed by atoms with Gasteiger partial charge in [-0.25, -0.2) is 0 Å². The van der Waals surface area contributed by atoms with E-state index in [0.717, 1.165) is 12.4 Å². The standard InChI is InChI=1S/C11H13NO3/c1-14-9-4-2-8(3-5-9)11(13)12-6-10-7-15-10/h2-5,10H,6-7H2,1H3,(H,12,13)/t10-/m0/s1. The number of amides is 1. The largest absolute Gasteiger partial charge is 0.497 e. The van der Waals surface area contributed by atoms with Gasteiger partial charge in [0.15, 0.2) is 0 Å². The molecule has 0 aromatic heterocycles. The first-order valence-electron chi connectivity index (χ1n) is 4.83. The molecule has 0 saturated carbocycles. The van der Waals surface area contributed by atoms with E-state index in [1.54, 1.807) is 31.4 Å². The Morgan fingerprint density at radius 2 is 2.20 bits per heavy atom. The highest BCUT2D eigenvalue weighted by Gasteiger charge is 2.22. The Morgan fingerprint density at radius 3 is 2.73 bits per heavy atom. The van der Waals surface area contributed by atoms with Crippen LogP contribution in [-0.4, -0.2) is 32.3 Å². The van der Waals surface area contributed by atoms with Crippen molar-refractivity contribution < 1.29 is 14.3 Å². The van der Waals surface area contributed by atoms with Gasteiger partial charge >= 0.3 is 0 Å². The summed E-state index contributed by atoms with van der Waals surface area (Å²) in [4.78, 5) is 11.6. The van der Waals surface area contributed by atoms with Gasteiger partial charge in [-0.2, -0.15) is 0 Å². The number of hydrogen-bond donors (Lipinski definition) is 1. The lowest BCUT2D eigenvalue weighted by Gasteiger charge is -2.04. The van der Waals surface area contributed by atoms with E-state index >= 15 is 0 Å². The molecule has 0 unspecified atom stereocenters. The first kappa shape index (κ1) is 9.98. The number of hydrogen-bond acceptors (Lipinski definition) is 3. The maximum Gasteiger partial charge on any atom is 0.251 e. The Kier molecular flexibility index (Phi) is 2.87. The molecule has 1 fully saturated rings. The SMILES string of the molecule is COc1ccc(C(=O)NC[C@H]2CO2)cc1. The van der Waals surface area contributed by atoms with Crippen molar-refractivity contribution in [3.05, 3.63) is 29.8 Å². The normalized spacial score (nSPS) is 18.3. The lowest BCUT2D eigenvalue weighted by molar-refractivity contribution is 0.0950. The summed E-state index contributed by atoms with van der Waals surface area (Å²) in [5.74, 6) is 0.672. The number of methoxy groups -OCH3 is 1. The van der Waals surface area contributed by atoms with Gasteiger partial charge in [-0.05, 0) is 24.3 Å². The van der Waals surface area contributed by atoms with Crippen molar-refractivity contribution in [1.82, 2.24) is 5.32 Å². The highest BCUT2D eigenvalue weighted by molar-refractivity contribution is 5.94. The molecule has 0 aliphatic carbocycles. The second-order valence-electron chi connectivity index (χ2n) is 3.39. The van der Waals surface area contributed by atoms with E-state index in [1.807, 2.05) is 0 Å². The molecule has 1 aliphatic heterocycles. The van der Waals surface area contributed by atoms with Crippen LogP contribution < -0.4 is 10.1 Å². The summed E-state index contributed by atoms with van der Waals surface area (Å²) >= 11 is 0. The van der Waals surface area contributed by atoms with E-state index in [0.29, 0.717) is 12.1 Å². The second-order valence-corrected chi connectivity index (χ2v) is 3.39. The van der Waals surface area contributed by atoms with E-state index < -0.39 is 0 Å². The van der Waals surface area contributed by atoms with Gasteiger partial charge in [0.25, 0.3) is 5.91 Å². The zero-order chi connectivity index (χ0) is 10.7. The zero-order valence-corrected chi connectivity index (χ0v) is 8.53. The van der Waals surface area contributed by atoms with Gasteiger partial charge in [-0.15, -0.1) is 0 Å². The molecule has 15 heavy (non-hydrogen) atoms. The smallest absolute Gasteiger partial charge is 0.251 e. The third-order valence-electron chi connectivity index (χ3n) is 2.24. The number of carbonyl (C=O) groups excluding carboxylic acids is 1. The van der Waals surface area contributed by atoms with Crippen LogP contribution in [0.1, 0.15) is 10.4 Å². The Hall–Kier alpha value is -1.55. The molecule has 1 saturated heterocycles. The maximum absolute atomic E-state index is 11.6. The first-order valence-corrected chi connectivity index (χ1v) is 4.83. The average molecular weight is 207 g/mol. The maximum atomic E-state index is 11.6. The van der Waals surface area contributed by atoms with Crippen molar-refractivity contribution in [3.63, 3.8) is 0 Å². The summed E-state index contributed by atoms with van der Waals surface area (Å²) in [6.45, 7) is 1.34. The minimum absolute atomic E-state index is 0.0758. The highest BCUT2D eigenvalue weighted by atomic mass is 16.6. The third-order valence-corrected chi connectivity index (χ3v) is 2.24. The summed E-state index contributed by atoms with van der Waals surface area (Å²) in [6, 6.07) is 7.01. The van der Waals surface area contributed by atoms with E-state index in [9.17, 15) is 4.79 Å². The van der Waals surface area contributed by atoms with Crippen molar-refractivity contribution in [3.8, 4) is 5.75 Å². The molecule has 1 N–H and O–H groups in total. The predicted molar refractivity (Wildman–Crippen MR) is 55.1 cm³/mol. The van der Waals surface area contributed by atoms with E-state index in [4.69, 9.17) is 9.47 Å². The Morgan fingerprint density at radius 1 is 1.53 bits per heavy atom. The number of benzene rings is 1. The van der Waals surface area contributed by atoms with Crippen LogP contribution in [-0.2, 0) is 4.74 Å². The van der Waals surface area contributed by atoms with Crippen LogP contribution in [0.4, 0.5) is 0 Å². The van der Waals surface area contributed by atoms with Crippen molar-refractivity contribution in [2.24, 2.45) is 0 Å². The molecule has 0 spiro atoms. The van der Waals surface area contributed by atoms with Crippen molar-refractivity contribution in [2.45, 2.75) is 6.10 Å². The van der Waals surface area contributed by atoms with Crippen LogP contribution in [0, 0.1) is 0 Å². The first-order chi connectivity index (χ1) is 7.29. The zero-order valence-electron chi connectivity index (χ0n) is 8.53. The minimum Gasteiger partial charge on any atom is -0.497 e. The summed E-state index contributed by atoms with van der Waals surface area (Å²) < 4.78 is 10.0. The third kappa shape index (κ3) is 2.70. The fraction of sp³-hybridized carbons (Fsp3) is 0.364. The monoisotopic (exact) mass is 207 g/mol. The number of rotatable bonds is 4. The highest BCUT2D eigenvalue weighted by Crippen LogP contribution is 2.11. The molecule has 0 bridgehead atoms. The molecule has 1 aliphatic rings. The molecule has 4 nitrogen and oxygen atoms in total. The van der Waals surface area contributed by atoms with Gasteiger partial charge in [0.2, 0.25) is 0 Å². The molecular formula is C11H13NO3.